The van der Waals surface area contributed by atoms with Crippen LogP contribution in [-0.4, -0.2) is 35.0 Å². The molecule has 0 radical (unpaired) electrons. The van der Waals surface area contributed by atoms with Crippen LogP contribution in [0.3, 0.4) is 0 Å². The van der Waals surface area contributed by atoms with Crippen LogP contribution in [0.15, 0.2) is 10.6 Å². The van der Waals surface area contributed by atoms with E-state index in [0.717, 1.165) is 17.2 Å². The molecule has 0 aliphatic heterocycles. The highest BCUT2D eigenvalue weighted by Gasteiger charge is 2.13. The third-order valence-corrected chi connectivity index (χ3v) is 3.10. The molecule has 0 saturated carbocycles. The van der Waals surface area contributed by atoms with E-state index in [9.17, 15) is 4.79 Å². The standard InChI is InChI=1S/C12H20N2O2S/c1-9(2)11-7-10(13-16-11)8-14(3)12(15)5-6-17-4/h7,9H,5-6,8H2,1-4H3. The maximum atomic E-state index is 11.7. The second-order valence-electron chi connectivity index (χ2n) is 4.37. The van der Waals surface area contributed by atoms with Crippen LogP contribution in [0.4, 0.5) is 0 Å². The fourth-order valence-corrected chi connectivity index (χ4v) is 1.76. The Morgan fingerprint density at radius 1 is 1.59 bits per heavy atom. The third kappa shape index (κ3) is 4.42. The summed E-state index contributed by atoms with van der Waals surface area (Å²) in [4.78, 5) is 13.4. The van der Waals surface area contributed by atoms with Gasteiger partial charge in [-0.15, -0.1) is 0 Å². The van der Waals surface area contributed by atoms with Gasteiger partial charge in [0.2, 0.25) is 5.91 Å². The van der Waals surface area contributed by atoms with Crippen molar-refractivity contribution in [1.82, 2.24) is 10.1 Å². The summed E-state index contributed by atoms with van der Waals surface area (Å²) in [6.07, 6.45) is 2.58. The molecule has 1 amide bonds. The number of hydrogen-bond acceptors (Lipinski definition) is 4. The lowest BCUT2D eigenvalue weighted by atomic mass is 10.1. The normalized spacial score (nSPS) is 10.9. The molecule has 0 aliphatic carbocycles. The van der Waals surface area contributed by atoms with Crippen molar-refractivity contribution in [1.29, 1.82) is 0 Å². The van der Waals surface area contributed by atoms with Gasteiger partial charge in [-0.3, -0.25) is 4.79 Å². The molecule has 96 valence electrons. The van der Waals surface area contributed by atoms with Gasteiger partial charge in [-0.05, 0) is 6.26 Å². The first-order valence-corrected chi connectivity index (χ1v) is 7.12. The van der Waals surface area contributed by atoms with E-state index in [4.69, 9.17) is 4.52 Å². The number of carbonyl (C=O) groups is 1. The van der Waals surface area contributed by atoms with Crippen molar-refractivity contribution >= 4 is 17.7 Å². The molecule has 1 aromatic rings. The van der Waals surface area contributed by atoms with E-state index in [1.807, 2.05) is 12.3 Å². The van der Waals surface area contributed by atoms with Crippen LogP contribution in [0.1, 0.15) is 37.6 Å². The van der Waals surface area contributed by atoms with Gasteiger partial charge in [0.05, 0.1) is 6.54 Å². The van der Waals surface area contributed by atoms with Crippen LogP contribution >= 0.6 is 11.8 Å². The van der Waals surface area contributed by atoms with E-state index >= 15 is 0 Å². The molecule has 0 atom stereocenters. The van der Waals surface area contributed by atoms with Gasteiger partial charge >= 0.3 is 0 Å². The first-order chi connectivity index (χ1) is 8.04. The molecule has 1 aromatic heterocycles. The van der Waals surface area contributed by atoms with Crippen molar-refractivity contribution in [2.75, 3.05) is 19.1 Å². The Morgan fingerprint density at radius 2 is 2.29 bits per heavy atom. The summed E-state index contributed by atoms with van der Waals surface area (Å²) < 4.78 is 5.20. The van der Waals surface area contributed by atoms with Gasteiger partial charge in [-0.25, -0.2) is 0 Å². The van der Waals surface area contributed by atoms with Gasteiger partial charge in [0, 0.05) is 31.2 Å². The molecule has 0 unspecified atom stereocenters. The maximum Gasteiger partial charge on any atom is 0.223 e. The van der Waals surface area contributed by atoms with Gasteiger partial charge in [-0.2, -0.15) is 11.8 Å². The Hall–Kier alpha value is -0.970. The number of thioether (sulfide) groups is 1. The number of carbonyl (C=O) groups excluding carboxylic acids is 1. The van der Waals surface area contributed by atoms with Gasteiger partial charge < -0.3 is 9.42 Å². The fraction of sp³-hybridized carbons (Fsp3) is 0.667. The van der Waals surface area contributed by atoms with Crippen LogP contribution in [0.2, 0.25) is 0 Å². The number of nitrogens with zero attached hydrogens (tertiary/aromatic N) is 2. The number of aromatic nitrogens is 1. The Kier molecular flexibility index (Phi) is 5.55. The summed E-state index contributed by atoms with van der Waals surface area (Å²) in [5, 5.41) is 3.97. The van der Waals surface area contributed by atoms with E-state index in [-0.39, 0.29) is 5.91 Å². The zero-order chi connectivity index (χ0) is 12.8. The molecule has 0 aromatic carbocycles. The van der Waals surface area contributed by atoms with Crippen molar-refractivity contribution < 1.29 is 9.32 Å². The Labute approximate surface area is 107 Å². The van der Waals surface area contributed by atoms with E-state index in [1.165, 1.54) is 0 Å². The first kappa shape index (κ1) is 14.1. The van der Waals surface area contributed by atoms with Crippen LogP contribution < -0.4 is 0 Å². The number of amides is 1. The van der Waals surface area contributed by atoms with Crippen LogP contribution in [-0.2, 0) is 11.3 Å². The van der Waals surface area contributed by atoms with Gasteiger partial charge in [0.15, 0.2) is 0 Å². The molecule has 17 heavy (non-hydrogen) atoms. The van der Waals surface area contributed by atoms with Gasteiger partial charge in [-0.1, -0.05) is 19.0 Å². The molecule has 1 rings (SSSR count). The minimum absolute atomic E-state index is 0.147. The molecule has 0 bridgehead atoms. The third-order valence-electron chi connectivity index (χ3n) is 2.49. The number of hydrogen-bond donors (Lipinski definition) is 0. The van der Waals surface area contributed by atoms with Crippen molar-refractivity contribution in [3.05, 3.63) is 17.5 Å². The Bertz CT molecular complexity index is 363. The molecule has 1 heterocycles. The minimum atomic E-state index is 0.147. The summed E-state index contributed by atoms with van der Waals surface area (Å²) in [6.45, 7) is 4.62. The van der Waals surface area contributed by atoms with E-state index in [1.54, 1.807) is 23.7 Å². The van der Waals surface area contributed by atoms with E-state index in [0.29, 0.717) is 18.9 Å². The molecule has 4 nitrogen and oxygen atoms in total. The smallest absolute Gasteiger partial charge is 0.223 e. The van der Waals surface area contributed by atoms with Crippen LogP contribution in [0.25, 0.3) is 0 Å². The molecule has 0 saturated heterocycles. The lowest BCUT2D eigenvalue weighted by molar-refractivity contribution is -0.130. The zero-order valence-electron chi connectivity index (χ0n) is 10.9. The predicted molar refractivity (Wildman–Crippen MR) is 70.1 cm³/mol. The van der Waals surface area contributed by atoms with Gasteiger partial charge in [0.25, 0.3) is 0 Å². The molecule has 0 aliphatic rings. The summed E-state index contributed by atoms with van der Waals surface area (Å²) >= 11 is 1.68. The highest BCUT2D eigenvalue weighted by atomic mass is 32.2. The topological polar surface area (TPSA) is 46.3 Å². The molecule has 0 fully saturated rings. The lowest BCUT2D eigenvalue weighted by Gasteiger charge is -2.14. The summed E-state index contributed by atoms with van der Waals surface area (Å²) in [6, 6.07) is 1.92. The highest BCUT2D eigenvalue weighted by molar-refractivity contribution is 7.98. The summed E-state index contributed by atoms with van der Waals surface area (Å²) in [7, 11) is 1.80. The van der Waals surface area contributed by atoms with Gasteiger partial charge in [0.1, 0.15) is 11.5 Å². The first-order valence-electron chi connectivity index (χ1n) is 5.73. The van der Waals surface area contributed by atoms with E-state index < -0.39 is 0 Å². The molecule has 0 N–H and O–H groups in total. The molecule has 5 heteroatoms. The highest BCUT2D eigenvalue weighted by Crippen LogP contribution is 2.16. The lowest BCUT2D eigenvalue weighted by Crippen LogP contribution is -2.26. The molecular weight excluding hydrogens is 236 g/mol. The Balaban J connectivity index is 2.49. The Morgan fingerprint density at radius 3 is 2.82 bits per heavy atom. The van der Waals surface area contributed by atoms with E-state index in [2.05, 4.69) is 19.0 Å². The second kappa shape index (κ2) is 6.69. The SMILES string of the molecule is CSCCC(=O)N(C)Cc1cc(C(C)C)on1. The largest absolute Gasteiger partial charge is 0.361 e. The minimum Gasteiger partial charge on any atom is -0.361 e. The monoisotopic (exact) mass is 256 g/mol. The molecule has 0 spiro atoms. The summed E-state index contributed by atoms with van der Waals surface area (Å²) in [5.41, 5.74) is 0.814. The maximum absolute atomic E-state index is 11.7. The van der Waals surface area contributed by atoms with Crippen molar-refractivity contribution in [2.24, 2.45) is 0 Å². The quantitative estimate of drug-likeness (QED) is 0.784. The van der Waals surface area contributed by atoms with Crippen molar-refractivity contribution in [3.8, 4) is 0 Å². The zero-order valence-corrected chi connectivity index (χ0v) is 11.7. The van der Waals surface area contributed by atoms with Crippen molar-refractivity contribution in [3.63, 3.8) is 0 Å². The van der Waals surface area contributed by atoms with Crippen LogP contribution in [0.5, 0.6) is 0 Å². The average molecular weight is 256 g/mol. The number of rotatable bonds is 6. The predicted octanol–water partition coefficient (Wildman–Crippen LogP) is 2.51. The summed E-state index contributed by atoms with van der Waals surface area (Å²) in [5.74, 6) is 2.20. The fourth-order valence-electron chi connectivity index (χ4n) is 1.39. The van der Waals surface area contributed by atoms with Crippen molar-refractivity contribution in [2.45, 2.75) is 32.7 Å². The molecular formula is C12H20N2O2S. The van der Waals surface area contributed by atoms with Crippen LogP contribution in [0, 0.1) is 0 Å². The average Bonchev–Trinajstić information content (AvgIpc) is 2.74. The second-order valence-corrected chi connectivity index (χ2v) is 5.35.